The van der Waals surface area contributed by atoms with Gasteiger partial charge in [-0.25, -0.2) is 0 Å². The Morgan fingerprint density at radius 1 is 1.30 bits per heavy atom. The first-order valence-electron chi connectivity index (χ1n) is 6.66. The molecule has 1 aromatic heterocycles. The lowest BCUT2D eigenvalue weighted by atomic mass is 10.2. The van der Waals surface area contributed by atoms with Crippen molar-refractivity contribution in [2.75, 3.05) is 20.3 Å². The quantitative estimate of drug-likeness (QED) is 0.798. The van der Waals surface area contributed by atoms with Crippen molar-refractivity contribution in [1.29, 1.82) is 0 Å². The zero-order valence-electron chi connectivity index (χ0n) is 11.9. The number of hydrogen-bond donors (Lipinski definition) is 1. The molecule has 1 N–H and O–H groups in total. The van der Waals surface area contributed by atoms with Crippen molar-refractivity contribution in [2.24, 2.45) is 0 Å². The number of hydrogen-bond acceptors (Lipinski definition) is 3. The zero-order valence-corrected chi connectivity index (χ0v) is 12.7. The van der Waals surface area contributed by atoms with Gasteiger partial charge < -0.3 is 10.1 Å². The van der Waals surface area contributed by atoms with Gasteiger partial charge in [0.2, 0.25) is 0 Å². The first kappa shape index (κ1) is 15.0. The average Bonchev–Trinajstić information content (AvgIpc) is 2.78. The molecule has 0 unspecified atom stereocenters. The minimum atomic E-state index is 0.720. The van der Waals surface area contributed by atoms with Crippen LogP contribution in [0.3, 0.4) is 0 Å². The highest BCUT2D eigenvalue weighted by Crippen LogP contribution is 2.12. The highest BCUT2D eigenvalue weighted by atomic mass is 35.5. The molecule has 1 aromatic carbocycles. The maximum Gasteiger partial charge on any atom is 0.0659 e. The first-order valence-corrected chi connectivity index (χ1v) is 7.04. The fraction of sp³-hybridized carbons (Fsp3) is 0.400. The number of halogens is 1. The van der Waals surface area contributed by atoms with Crippen LogP contribution in [0.15, 0.2) is 30.5 Å². The molecule has 0 saturated heterocycles. The Morgan fingerprint density at radius 3 is 2.75 bits per heavy atom. The third-order valence-electron chi connectivity index (χ3n) is 3.10. The molecule has 2 rings (SSSR count). The van der Waals surface area contributed by atoms with Crippen molar-refractivity contribution < 1.29 is 4.74 Å². The molecule has 0 aliphatic carbocycles. The summed E-state index contributed by atoms with van der Waals surface area (Å²) in [6, 6.07) is 7.85. The summed E-state index contributed by atoms with van der Waals surface area (Å²) in [7, 11) is 1.71. The van der Waals surface area contributed by atoms with E-state index >= 15 is 0 Å². The van der Waals surface area contributed by atoms with E-state index in [0.29, 0.717) is 0 Å². The van der Waals surface area contributed by atoms with Gasteiger partial charge >= 0.3 is 0 Å². The second kappa shape index (κ2) is 7.43. The molecule has 0 atom stereocenters. The molecule has 2 aromatic rings. The molecular weight excluding hydrogens is 274 g/mol. The first-order chi connectivity index (χ1) is 9.69. The van der Waals surface area contributed by atoms with Gasteiger partial charge in [-0.15, -0.1) is 0 Å². The van der Waals surface area contributed by atoms with Crippen LogP contribution in [-0.2, 0) is 17.8 Å². The van der Waals surface area contributed by atoms with E-state index in [1.807, 2.05) is 35.9 Å². The third-order valence-corrected chi connectivity index (χ3v) is 3.36. The summed E-state index contributed by atoms with van der Waals surface area (Å²) >= 11 is 5.89. The molecule has 0 bridgehead atoms. The van der Waals surface area contributed by atoms with Gasteiger partial charge in [-0.1, -0.05) is 23.7 Å². The molecule has 0 radical (unpaired) electrons. The molecule has 1 heterocycles. The molecule has 0 spiro atoms. The molecule has 0 aliphatic heterocycles. The molecule has 0 saturated carbocycles. The molecule has 0 aliphatic rings. The minimum Gasteiger partial charge on any atom is -0.383 e. The maximum atomic E-state index is 5.89. The lowest BCUT2D eigenvalue weighted by molar-refractivity contribution is 0.199. The maximum absolute atomic E-state index is 5.89. The van der Waals surface area contributed by atoms with Crippen LogP contribution in [0.2, 0.25) is 5.02 Å². The van der Waals surface area contributed by atoms with E-state index in [2.05, 4.69) is 16.6 Å². The number of methoxy groups -OCH3 is 1. The van der Waals surface area contributed by atoms with Crippen LogP contribution >= 0.6 is 11.6 Å². The summed E-state index contributed by atoms with van der Waals surface area (Å²) in [6.07, 6.45) is 2.09. The van der Waals surface area contributed by atoms with Crippen LogP contribution in [0.5, 0.6) is 0 Å². The van der Waals surface area contributed by atoms with Crippen molar-refractivity contribution >= 4 is 11.6 Å². The summed E-state index contributed by atoms with van der Waals surface area (Å²) in [5, 5.41) is 8.63. The topological polar surface area (TPSA) is 39.1 Å². The fourth-order valence-electron chi connectivity index (χ4n) is 1.99. The number of ether oxygens (including phenoxy) is 1. The fourth-order valence-corrected chi connectivity index (χ4v) is 2.11. The van der Waals surface area contributed by atoms with Crippen LogP contribution < -0.4 is 5.32 Å². The lowest BCUT2D eigenvalue weighted by Gasteiger charge is -2.02. The van der Waals surface area contributed by atoms with Gasteiger partial charge in [0.25, 0.3) is 0 Å². The molecule has 0 amide bonds. The highest BCUT2D eigenvalue weighted by Gasteiger charge is 2.05. The van der Waals surface area contributed by atoms with Gasteiger partial charge in [0, 0.05) is 37.0 Å². The van der Waals surface area contributed by atoms with Gasteiger partial charge in [0.1, 0.15) is 0 Å². The summed E-state index contributed by atoms with van der Waals surface area (Å²) < 4.78 is 6.97. The summed E-state index contributed by atoms with van der Waals surface area (Å²) in [6.45, 7) is 5.17. The monoisotopic (exact) mass is 293 g/mol. The van der Waals surface area contributed by atoms with Crippen LogP contribution in [0.25, 0.3) is 0 Å². The summed E-state index contributed by atoms with van der Waals surface area (Å²) in [5.74, 6) is 0. The van der Waals surface area contributed by atoms with Crippen molar-refractivity contribution in [3.63, 3.8) is 0 Å². The van der Waals surface area contributed by atoms with E-state index in [-0.39, 0.29) is 0 Å². The second-order valence-corrected chi connectivity index (χ2v) is 5.17. The van der Waals surface area contributed by atoms with E-state index in [1.165, 1.54) is 11.1 Å². The minimum absolute atomic E-state index is 0.720. The van der Waals surface area contributed by atoms with Gasteiger partial charge in [-0.3, -0.25) is 4.68 Å². The standard InChI is InChI=1S/C15H20ClN3O/c1-12-14(9-17-7-8-20-2)11-19(18-12)10-13-3-5-15(16)6-4-13/h3-6,11,17H,7-10H2,1-2H3. The Balaban J connectivity index is 1.94. The third kappa shape index (κ3) is 4.34. The summed E-state index contributed by atoms with van der Waals surface area (Å²) in [4.78, 5) is 0. The largest absolute Gasteiger partial charge is 0.383 e. The predicted molar refractivity (Wildman–Crippen MR) is 81.1 cm³/mol. The molecule has 4 nitrogen and oxygen atoms in total. The summed E-state index contributed by atoms with van der Waals surface area (Å²) in [5.41, 5.74) is 3.47. The molecule has 108 valence electrons. The molecule has 20 heavy (non-hydrogen) atoms. The van der Waals surface area contributed by atoms with Gasteiger partial charge in [-0.05, 0) is 24.6 Å². The van der Waals surface area contributed by atoms with Gasteiger partial charge in [0.15, 0.2) is 0 Å². The van der Waals surface area contributed by atoms with E-state index in [1.54, 1.807) is 7.11 Å². The molecular formula is C15H20ClN3O. The van der Waals surface area contributed by atoms with Crippen LogP contribution in [0.4, 0.5) is 0 Å². The Kier molecular flexibility index (Phi) is 5.59. The van der Waals surface area contributed by atoms with Crippen LogP contribution in [0, 0.1) is 6.92 Å². The number of nitrogens with one attached hydrogen (secondary N) is 1. The average molecular weight is 294 g/mol. The van der Waals surface area contributed by atoms with E-state index < -0.39 is 0 Å². The Hall–Kier alpha value is -1.36. The van der Waals surface area contributed by atoms with Crippen LogP contribution in [0.1, 0.15) is 16.8 Å². The van der Waals surface area contributed by atoms with Crippen molar-refractivity contribution in [2.45, 2.75) is 20.0 Å². The second-order valence-electron chi connectivity index (χ2n) is 4.73. The van der Waals surface area contributed by atoms with Crippen LogP contribution in [-0.4, -0.2) is 30.0 Å². The SMILES string of the molecule is COCCNCc1cn(Cc2ccc(Cl)cc2)nc1C. The number of rotatable bonds is 7. The number of aromatic nitrogens is 2. The molecule has 5 heteroatoms. The van der Waals surface area contributed by atoms with E-state index in [9.17, 15) is 0 Å². The number of benzene rings is 1. The predicted octanol–water partition coefficient (Wildman–Crippen LogP) is 2.63. The number of nitrogens with zero attached hydrogens (tertiary/aromatic N) is 2. The van der Waals surface area contributed by atoms with E-state index in [0.717, 1.165) is 37.0 Å². The normalized spacial score (nSPS) is 10.9. The van der Waals surface area contributed by atoms with Crippen molar-refractivity contribution in [3.8, 4) is 0 Å². The van der Waals surface area contributed by atoms with E-state index in [4.69, 9.17) is 16.3 Å². The van der Waals surface area contributed by atoms with Gasteiger partial charge in [-0.2, -0.15) is 5.10 Å². The Morgan fingerprint density at radius 2 is 2.05 bits per heavy atom. The van der Waals surface area contributed by atoms with Crippen molar-refractivity contribution in [1.82, 2.24) is 15.1 Å². The number of aryl methyl sites for hydroxylation is 1. The van der Waals surface area contributed by atoms with Gasteiger partial charge in [0.05, 0.1) is 18.8 Å². The lowest BCUT2D eigenvalue weighted by Crippen LogP contribution is -2.18. The highest BCUT2D eigenvalue weighted by molar-refractivity contribution is 6.30. The zero-order chi connectivity index (χ0) is 14.4. The smallest absolute Gasteiger partial charge is 0.0659 e. The Labute approximate surface area is 124 Å². The van der Waals surface area contributed by atoms with Crippen molar-refractivity contribution in [3.05, 3.63) is 52.3 Å². The molecule has 0 fully saturated rings. The Bertz CT molecular complexity index is 537.